The van der Waals surface area contributed by atoms with Gasteiger partial charge in [-0.25, -0.2) is 0 Å². The summed E-state index contributed by atoms with van der Waals surface area (Å²) in [4.78, 5) is 0. The standard InChI is InChI=1S/C23H26N2O2.2ClH/c1-26-21-14-13-18(22(15-21)27-2)16-25-17-23(24,19-9-5-3-6-10-19)20-11-7-4-8-12-20;;/h3-15,25H,16-17,24H2,1-2H3;2*1H. The Morgan fingerprint density at radius 1 is 0.793 bits per heavy atom. The molecular weight excluding hydrogens is 407 g/mol. The fourth-order valence-electron chi connectivity index (χ4n) is 3.23. The summed E-state index contributed by atoms with van der Waals surface area (Å²) in [7, 11) is 3.31. The minimum Gasteiger partial charge on any atom is -0.497 e. The predicted octanol–water partition coefficient (Wildman–Crippen LogP) is 4.54. The molecule has 0 fully saturated rings. The van der Waals surface area contributed by atoms with Crippen molar-refractivity contribution in [2.24, 2.45) is 5.73 Å². The molecule has 3 rings (SSSR count). The minimum atomic E-state index is -0.623. The van der Waals surface area contributed by atoms with Gasteiger partial charge in [0.15, 0.2) is 0 Å². The van der Waals surface area contributed by atoms with E-state index in [-0.39, 0.29) is 24.8 Å². The van der Waals surface area contributed by atoms with E-state index >= 15 is 0 Å². The number of benzene rings is 3. The second-order valence-corrected chi connectivity index (χ2v) is 6.48. The summed E-state index contributed by atoms with van der Waals surface area (Å²) in [6.45, 7) is 1.24. The third kappa shape index (κ3) is 5.87. The van der Waals surface area contributed by atoms with Crippen molar-refractivity contribution in [3.8, 4) is 11.5 Å². The summed E-state index contributed by atoms with van der Waals surface area (Å²) in [6.07, 6.45) is 0. The molecule has 0 aliphatic rings. The van der Waals surface area contributed by atoms with Crippen LogP contribution in [-0.2, 0) is 12.1 Å². The number of rotatable bonds is 8. The Kier molecular flexibility index (Phi) is 9.99. The minimum absolute atomic E-state index is 0. The monoisotopic (exact) mass is 434 g/mol. The highest BCUT2D eigenvalue weighted by Gasteiger charge is 2.29. The van der Waals surface area contributed by atoms with Crippen LogP contribution in [0.4, 0.5) is 0 Å². The van der Waals surface area contributed by atoms with Crippen LogP contribution in [0.3, 0.4) is 0 Å². The summed E-state index contributed by atoms with van der Waals surface area (Å²) < 4.78 is 10.8. The van der Waals surface area contributed by atoms with Crippen molar-refractivity contribution in [1.29, 1.82) is 0 Å². The normalized spacial score (nSPS) is 10.4. The van der Waals surface area contributed by atoms with E-state index in [0.717, 1.165) is 28.2 Å². The zero-order valence-corrected chi connectivity index (χ0v) is 18.3. The van der Waals surface area contributed by atoms with Gasteiger partial charge >= 0.3 is 0 Å². The zero-order chi connectivity index (χ0) is 19.1. The number of hydrogen-bond donors (Lipinski definition) is 2. The van der Waals surface area contributed by atoms with Crippen LogP contribution in [0.15, 0.2) is 78.9 Å². The van der Waals surface area contributed by atoms with E-state index in [4.69, 9.17) is 15.2 Å². The van der Waals surface area contributed by atoms with Crippen molar-refractivity contribution in [2.75, 3.05) is 20.8 Å². The van der Waals surface area contributed by atoms with Crippen LogP contribution >= 0.6 is 24.8 Å². The maximum Gasteiger partial charge on any atom is 0.127 e. The maximum atomic E-state index is 6.91. The fraction of sp³-hybridized carbons (Fsp3) is 0.217. The zero-order valence-electron chi connectivity index (χ0n) is 16.6. The highest BCUT2D eigenvalue weighted by atomic mass is 35.5. The third-order valence-electron chi connectivity index (χ3n) is 4.79. The Balaban J connectivity index is 0.00000210. The molecule has 0 radical (unpaired) electrons. The average Bonchev–Trinajstić information content (AvgIpc) is 2.75. The molecule has 4 nitrogen and oxygen atoms in total. The van der Waals surface area contributed by atoms with Crippen molar-refractivity contribution in [3.63, 3.8) is 0 Å². The van der Waals surface area contributed by atoms with Crippen LogP contribution in [0.1, 0.15) is 16.7 Å². The Bertz CT molecular complexity index is 822. The van der Waals surface area contributed by atoms with Gasteiger partial charge in [-0.3, -0.25) is 0 Å². The van der Waals surface area contributed by atoms with Gasteiger partial charge in [-0.05, 0) is 17.2 Å². The Morgan fingerprint density at radius 2 is 1.34 bits per heavy atom. The van der Waals surface area contributed by atoms with Crippen LogP contribution in [0.25, 0.3) is 0 Å². The molecular formula is C23H28Cl2N2O2. The molecule has 0 unspecified atom stereocenters. The van der Waals surface area contributed by atoms with Gasteiger partial charge in [0.2, 0.25) is 0 Å². The molecule has 0 heterocycles. The molecule has 0 saturated carbocycles. The van der Waals surface area contributed by atoms with Gasteiger partial charge in [0, 0.05) is 24.7 Å². The van der Waals surface area contributed by atoms with Crippen LogP contribution in [0, 0.1) is 0 Å². The van der Waals surface area contributed by atoms with Crippen molar-refractivity contribution in [3.05, 3.63) is 95.6 Å². The second kappa shape index (κ2) is 11.7. The summed E-state index contributed by atoms with van der Waals surface area (Å²) in [5, 5.41) is 3.51. The summed E-state index contributed by atoms with van der Waals surface area (Å²) in [5.74, 6) is 1.57. The van der Waals surface area contributed by atoms with Crippen molar-refractivity contribution in [1.82, 2.24) is 5.32 Å². The summed E-state index contributed by atoms with van der Waals surface area (Å²) in [5.41, 5.74) is 9.49. The van der Waals surface area contributed by atoms with E-state index < -0.39 is 5.54 Å². The number of halogens is 2. The smallest absolute Gasteiger partial charge is 0.127 e. The summed E-state index contributed by atoms with van der Waals surface area (Å²) >= 11 is 0. The van der Waals surface area contributed by atoms with E-state index in [0.29, 0.717) is 13.1 Å². The van der Waals surface area contributed by atoms with Gasteiger partial charge in [0.25, 0.3) is 0 Å². The number of nitrogens with one attached hydrogen (secondary N) is 1. The van der Waals surface area contributed by atoms with Gasteiger partial charge in [-0.1, -0.05) is 66.7 Å². The molecule has 0 atom stereocenters. The van der Waals surface area contributed by atoms with E-state index in [1.165, 1.54) is 0 Å². The first-order valence-electron chi connectivity index (χ1n) is 8.99. The first-order valence-corrected chi connectivity index (χ1v) is 8.99. The van der Waals surface area contributed by atoms with Gasteiger partial charge < -0.3 is 20.5 Å². The lowest BCUT2D eigenvalue weighted by molar-refractivity contribution is 0.388. The lowest BCUT2D eigenvalue weighted by Gasteiger charge is -2.31. The number of hydrogen-bond acceptors (Lipinski definition) is 4. The van der Waals surface area contributed by atoms with Crippen LogP contribution in [-0.4, -0.2) is 20.8 Å². The molecule has 0 aliphatic heterocycles. The predicted molar refractivity (Wildman–Crippen MR) is 124 cm³/mol. The molecule has 0 bridgehead atoms. The number of ether oxygens (including phenoxy) is 2. The highest BCUT2D eigenvalue weighted by molar-refractivity contribution is 5.85. The SMILES string of the molecule is COc1ccc(CNCC(N)(c2ccccc2)c2ccccc2)c(OC)c1.Cl.Cl. The molecule has 6 heteroatoms. The molecule has 3 aromatic rings. The van der Waals surface area contributed by atoms with Crippen LogP contribution in [0.5, 0.6) is 11.5 Å². The second-order valence-electron chi connectivity index (χ2n) is 6.48. The Morgan fingerprint density at radius 3 is 1.83 bits per heavy atom. The van der Waals surface area contributed by atoms with Crippen molar-refractivity contribution >= 4 is 24.8 Å². The lowest BCUT2D eigenvalue weighted by atomic mass is 9.83. The molecule has 0 amide bonds. The Labute approximate surface area is 185 Å². The largest absolute Gasteiger partial charge is 0.497 e. The maximum absolute atomic E-state index is 6.91. The van der Waals surface area contributed by atoms with Gasteiger partial charge in [0.05, 0.1) is 19.8 Å². The average molecular weight is 435 g/mol. The Hall–Kier alpha value is -2.24. The van der Waals surface area contributed by atoms with E-state index in [9.17, 15) is 0 Å². The highest BCUT2D eigenvalue weighted by Crippen LogP contribution is 2.28. The molecule has 0 spiro atoms. The van der Waals surface area contributed by atoms with E-state index in [2.05, 4.69) is 29.6 Å². The van der Waals surface area contributed by atoms with Gasteiger partial charge in [-0.2, -0.15) is 0 Å². The number of methoxy groups -OCH3 is 2. The topological polar surface area (TPSA) is 56.5 Å². The van der Waals surface area contributed by atoms with Gasteiger partial charge in [-0.15, -0.1) is 24.8 Å². The molecule has 0 aliphatic carbocycles. The lowest BCUT2D eigenvalue weighted by Crippen LogP contribution is -2.46. The van der Waals surface area contributed by atoms with Crippen molar-refractivity contribution in [2.45, 2.75) is 12.1 Å². The molecule has 156 valence electrons. The molecule has 0 saturated heterocycles. The quantitative estimate of drug-likeness (QED) is 0.546. The summed E-state index contributed by atoms with van der Waals surface area (Å²) in [6, 6.07) is 26.2. The van der Waals surface area contributed by atoms with Crippen molar-refractivity contribution < 1.29 is 9.47 Å². The first-order chi connectivity index (χ1) is 13.2. The third-order valence-corrected chi connectivity index (χ3v) is 4.79. The first kappa shape index (κ1) is 24.8. The number of nitrogens with two attached hydrogens (primary N) is 1. The van der Waals surface area contributed by atoms with Gasteiger partial charge in [0.1, 0.15) is 11.5 Å². The van der Waals surface area contributed by atoms with E-state index in [1.807, 2.05) is 54.6 Å². The fourth-order valence-corrected chi connectivity index (χ4v) is 3.23. The molecule has 3 aromatic carbocycles. The van der Waals surface area contributed by atoms with E-state index in [1.54, 1.807) is 14.2 Å². The molecule has 3 N–H and O–H groups in total. The van der Waals surface area contributed by atoms with Crippen LogP contribution in [0.2, 0.25) is 0 Å². The van der Waals surface area contributed by atoms with Crippen LogP contribution < -0.4 is 20.5 Å². The molecule has 29 heavy (non-hydrogen) atoms. The molecule has 0 aromatic heterocycles.